The van der Waals surface area contributed by atoms with Crippen LogP contribution in [0.4, 0.5) is 24.8 Å². The number of benzene rings is 2. The molecule has 13 heteroatoms. The molecule has 4 aromatic rings. The molecule has 1 aliphatic heterocycles. The number of thiazole rings is 1. The molecule has 2 aromatic heterocycles. The van der Waals surface area contributed by atoms with Gasteiger partial charge in [0.15, 0.2) is 0 Å². The van der Waals surface area contributed by atoms with E-state index < -0.39 is 17.5 Å². The van der Waals surface area contributed by atoms with Crippen molar-refractivity contribution in [3.05, 3.63) is 87.8 Å². The van der Waals surface area contributed by atoms with Crippen LogP contribution in [0.1, 0.15) is 63.4 Å². The number of aliphatic hydroxyl groups is 1. The summed E-state index contributed by atoms with van der Waals surface area (Å²) in [5.74, 6) is -0.663. The number of aryl methyl sites for hydroxylation is 1. The summed E-state index contributed by atoms with van der Waals surface area (Å²) in [4.78, 5) is 37.9. The number of carbonyl (C=O) groups excluding carboxylic acids is 2. The summed E-state index contributed by atoms with van der Waals surface area (Å²) in [6, 6.07) is 11.9. The molecular formula is C31H29F3N6O3S. The van der Waals surface area contributed by atoms with Gasteiger partial charge >= 0.3 is 6.18 Å². The molecule has 0 atom stereocenters. The molecular weight excluding hydrogens is 593 g/mol. The lowest BCUT2D eigenvalue weighted by Crippen LogP contribution is -2.38. The molecule has 2 aromatic carbocycles. The molecule has 9 nitrogen and oxygen atoms in total. The van der Waals surface area contributed by atoms with E-state index in [1.54, 1.807) is 18.3 Å². The molecule has 6 rings (SSSR count). The monoisotopic (exact) mass is 622 g/mol. The number of anilines is 2. The van der Waals surface area contributed by atoms with Crippen molar-refractivity contribution in [3.63, 3.8) is 0 Å². The highest BCUT2D eigenvalue weighted by Gasteiger charge is 2.39. The Morgan fingerprint density at radius 2 is 1.95 bits per heavy atom. The van der Waals surface area contributed by atoms with Gasteiger partial charge in [-0.1, -0.05) is 24.3 Å². The van der Waals surface area contributed by atoms with E-state index in [2.05, 4.69) is 30.9 Å². The van der Waals surface area contributed by atoms with Crippen LogP contribution in [-0.2, 0) is 29.7 Å². The minimum Gasteiger partial charge on any atom is -0.383 e. The Morgan fingerprint density at radius 3 is 2.73 bits per heavy atom. The molecule has 3 heterocycles. The van der Waals surface area contributed by atoms with Crippen LogP contribution < -0.4 is 16.0 Å². The molecule has 0 unspecified atom stereocenters. The zero-order chi connectivity index (χ0) is 31.1. The van der Waals surface area contributed by atoms with Crippen molar-refractivity contribution in [2.75, 3.05) is 5.32 Å². The van der Waals surface area contributed by atoms with Crippen molar-refractivity contribution < 1.29 is 27.9 Å². The summed E-state index contributed by atoms with van der Waals surface area (Å²) in [6.07, 6.45) is -0.146. The van der Waals surface area contributed by atoms with Gasteiger partial charge in [-0.25, -0.2) is 15.0 Å². The molecule has 1 fully saturated rings. The molecule has 0 saturated heterocycles. The van der Waals surface area contributed by atoms with E-state index in [4.69, 9.17) is 0 Å². The van der Waals surface area contributed by atoms with Crippen LogP contribution in [-0.4, -0.2) is 31.9 Å². The number of rotatable bonds is 7. The molecule has 0 spiro atoms. The van der Waals surface area contributed by atoms with Crippen molar-refractivity contribution in [1.29, 1.82) is 0 Å². The summed E-state index contributed by atoms with van der Waals surface area (Å²) in [5, 5.41) is 20.7. The summed E-state index contributed by atoms with van der Waals surface area (Å²) in [7, 11) is 0. The minimum atomic E-state index is -4.58. The highest BCUT2D eigenvalue weighted by molar-refractivity contribution is 7.15. The maximum absolute atomic E-state index is 13.1. The van der Waals surface area contributed by atoms with Crippen LogP contribution >= 0.6 is 11.3 Å². The smallest absolute Gasteiger partial charge is 0.383 e. The standard InChI is InChI=1S/C31H29F3N6O3S/c1-17-11-21(13-22(12-17)39-29-35-10-7-24(40-29)31(32,33)34)23-16-38-28(44-23)30(43)8-5-18(6-9-30)26(41)36-14-19-3-2-4-20-15-37-27(42)25(19)20/h2-4,7,10-13,16,18,43H,5-6,8-9,14-15H2,1H3,(H,36,41)(H,37,42)(H,35,39,40)/t18-,30-. The van der Waals surface area contributed by atoms with Gasteiger partial charge in [0.2, 0.25) is 11.9 Å². The number of aromatic nitrogens is 3. The Morgan fingerprint density at radius 1 is 1.16 bits per heavy atom. The van der Waals surface area contributed by atoms with Gasteiger partial charge in [-0.2, -0.15) is 13.2 Å². The Hall–Kier alpha value is -4.36. The average Bonchev–Trinajstić information content (AvgIpc) is 3.64. The normalized spacial score (nSPS) is 19.8. The Bertz CT molecular complexity index is 1730. The lowest BCUT2D eigenvalue weighted by Gasteiger charge is -2.34. The first kappa shape index (κ1) is 29.7. The third kappa shape index (κ3) is 6.15. The van der Waals surface area contributed by atoms with Crippen LogP contribution in [0, 0.1) is 12.8 Å². The first-order chi connectivity index (χ1) is 21.0. The van der Waals surface area contributed by atoms with Crippen molar-refractivity contribution in [2.45, 2.75) is 57.5 Å². The van der Waals surface area contributed by atoms with Crippen LogP contribution in [0.2, 0.25) is 0 Å². The van der Waals surface area contributed by atoms with E-state index in [-0.39, 0.29) is 30.2 Å². The molecule has 4 N–H and O–H groups in total. The molecule has 228 valence electrons. The highest BCUT2D eigenvalue weighted by atomic mass is 32.1. The van der Waals surface area contributed by atoms with E-state index in [0.717, 1.165) is 39.4 Å². The van der Waals surface area contributed by atoms with E-state index in [1.165, 1.54) is 11.3 Å². The zero-order valence-corrected chi connectivity index (χ0v) is 24.5. The van der Waals surface area contributed by atoms with Crippen molar-refractivity contribution in [2.24, 2.45) is 5.92 Å². The summed E-state index contributed by atoms with van der Waals surface area (Å²) >= 11 is 1.34. The fourth-order valence-corrected chi connectivity index (χ4v) is 6.78. The fourth-order valence-electron chi connectivity index (χ4n) is 5.73. The van der Waals surface area contributed by atoms with Gasteiger partial charge in [-0.3, -0.25) is 9.59 Å². The topological polar surface area (TPSA) is 129 Å². The second-order valence-electron chi connectivity index (χ2n) is 11.2. The summed E-state index contributed by atoms with van der Waals surface area (Å²) in [5.41, 5.74) is 2.28. The van der Waals surface area contributed by atoms with Crippen molar-refractivity contribution in [3.8, 4) is 10.4 Å². The number of fused-ring (bicyclic) bond motifs is 1. The molecule has 2 aliphatic rings. The molecule has 0 bridgehead atoms. The molecule has 44 heavy (non-hydrogen) atoms. The van der Waals surface area contributed by atoms with E-state index in [9.17, 15) is 27.9 Å². The Kier molecular flexibility index (Phi) is 7.84. The van der Waals surface area contributed by atoms with Gasteiger partial charge < -0.3 is 21.1 Å². The van der Waals surface area contributed by atoms with Gasteiger partial charge in [-0.15, -0.1) is 11.3 Å². The van der Waals surface area contributed by atoms with Gasteiger partial charge in [-0.05, 0) is 73.1 Å². The van der Waals surface area contributed by atoms with Crippen molar-refractivity contribution in [1.82, 2.24) is 25.6 Å². The highest BCUT2D eigenvalue weighted by Crippen LogP contribution is 2.43. The lowest BCUT2D eigenvalue weighted by molar-refractivity contribution is -0.141. The first-order valence-electron chi connectivity index (χ1n) is 14.1. The van der Waals surface area contributed by atoms with Crippen LogP contribution in [0.15, 0.2) is 54.9 Å². The number of nitrogens with one attached hydrogen (secondary N) is 3. The minimum absolute atomic E-state index is 0.104. The number of nitrogens with zero attached hydrogens (tertiary/aromatic N) is 3. The number of carbonyl (C=O) groups is 2. The maximum atomic E-state index is 13.1. The third-order valence-corrected chi connectivity index (χ3v) is 9.25. The number of hydrogen-bond donors (Lipinski definition) is 4. The molecule has 2 amide bonds. The van der Waals surface area contributed by atoms with Crippen LogP contribution in [0.5, 0.6) is 0 Å². The average molecular weight is 623 g/mol. The fraction of sp³-hybridized carbons (Fsp3) is 0.323. The summed E-state index contributed by atoms with van der Waals surface area (Å²) in [6.45, 7) is 2.62. The quantitative estimate of drug-likeness (QED) is 0.211. The predicted octanol–water partition coefficient (Wildman–Crippen LogP) is 5.61. The second-order valence-corrected chi connectivity index (χ2v) is 12.2. The third-order valence-electron chi connectivity index (χ3n) is 8.01. The number of alkyl halides is 3. The van der Waals surface area contributed by atoms with Crippen molar-refractivity contribution >= 4 is 34.8 Å². The van der Waals surface area contributed by atoms with Gasteiger partial charge in [0.25, 0.3) is 5.91 Å². The Labute approximate surface area is 255 Å². The van der Waals surface area contributed by atoms with Gasteiger partial charge in [0.05, 0.1) is 4.88 Å². The number of halogens is 3. The molecule has 1 aliphatic carbocycles. The SMILES string of the molecule is Cc1cc(Nc2nccc(C(F)(F)F)n2)cc(-c2cnc([C@]3(O)CC[C@H](C(=O)NCc4cccc5c4C(=O)NC5)CC3)s2)c1. The van der Waals surface area contributed by atoms with Crippen LogP contribution in [0.25, 0.3) is 10.4 Å². The van der Waals surface area contributed by atoms with Crippen LogP contribution in [0.3, 0.4) is 0 Å². The number of hydrogen-bond acceptors (Lipinski definition) is 8. The predicted molar refractivity (Wildman–Crippen MR) is 158 cm³/mol. The van der Waals surface area contributed by atoms with Gasteiger partial charge in [0.1, 0.15) is 16.3 Å². The second kappa shape index (κ2) is 11.6. The Balaban J connectivity index is 1.10. The molecule has 0 radical (unpaired) electrons. The lowest BCUT2D eigenvalue weighted by atomic mass is 9.78. The summed E-state index contributed by atoms with van der Waals surface area (Å²) < 4.78 is 39.2. The zero-order valence-electron chi connectivity index (χ0n) is 23.7. The first-order valence-corrected chi connectivity index (χ1v) is 14.9. The largest absolute Gasteiger partial charge is 0.433 e. The molecule has 1 saturated carbocycles. The number of amides is 2. The maximum Gasteiger partial charge on any atom is 0.433 e. The van der Waals surface area contributed by atoms with E-state index in [1.807, 2.05) is 31.2 Å². The van der Waals surface area contributed by atoms with E-state index in [0.29, 0.717) is 48.5 Å². The van der Waals surface area contributed by atoms with E-state index >= 15 is 0 Å². The van der Waals surface area contributed by atoms with Gasteiger partial charge in [0, 0.05) is 42.7 Å².